The predicted octanol–water partition coefficient (Wildman–Crippen LogP) is 12.8. The Morgan fingerprint density at radius 1 is 0.575 bits per heavy atom. The van der Waals surface area contributed by atoms with Crippen LogP contribution in [0.2, 0.25) is 0 Å². The minimum atomic E-state index is 0.750. The van der Waals surface area contributed by atoms with Crippen molar-refractivity contribution in [3.05, 3.63) is 114 Å². The molecule has 3 heterocycles. The van der Waals surface area contributed by atoms with Crippen LogP contribution in [-0.4, -0.2) is 11.5 Å². The molecule has 0 atom stereocenters. The van der Waals surface area contributed by atoms with Crippen LogP contribution >= 0.6 is 11.3 Å². The van der Waals surface area contributed by atoms with Gasteiger partial charge in [-0.1, -0.05) is 156 Å². The van der Waals surface area contributed by atoms with Gasteiger partial charge in [0.15, 0.2) is 0 Å². The molecule has 0 aliphatic carbocycles. The largest absolute Gasteiger partial charge is 0.473 e. The summed E-state index contributed by atoms with van der Waals surface area (Å²) in [7, 11) is 0. The number of furan rings is 1. The van der Waals surface area contributed by atoms with Crippen LogP contribution in [0, 0.1) is 6.92 Å². The molecule has 4 rings (SSSR count). The van der Waals surface area contributed by atoms with Gasteiger partial charge in [0.1, 0.15) is 0 Å². The standard InChI is InChI=1S/C7H8.C5H5N.C4H4O.C4H4S.4C3H8.C2H7N.C2H6/c1-7-5-3-2-4-6-7;1-2-4-6-5-3-1;2*1-2-4-5-3-1;4*1-3-2;1-2-3;1-2/h2-6H,1H3;1-5H;2*1-4H;4*3H2,1-2H3;2-3H2,1H3;1-2H3. The van der Waals surface area contributed by atoms with Crippen LogP contribution in [0.15, 0.2) is 113 Å². The fourth-order valence-electron chi connectivity index (χ4n) is 1.30. The highest BCUT2D eigenvalue weighted by Gasteiger charge is 1.72. The van der Waals surface area contributed by atoms with E-state index in [1.165, 1.54) is 31.2 Å². The lowest BCUT2D eigenvalue weighted by molar-refractivity contribution is 0.567. The normalized spacial score (nSPS) is 7.12. The van der Waals surface area contributed by atoms with Crippen molar-refractivity contribution < 1.29 is 4.42 Å². The highest BCUT2D eigenvalue weighted by molar-refractivity contribution is 7.07. The van der Waals surface area contributed by atoms with Crippen molar-refractivity contribution in [1.29, 1.82) is 0 Å². The molecular formula is C36H66N2OS. The zero-order valence-corrected chi connectivity index (χ0v) is 29.1. The number of pyridine rings is 1. The number of aryl methyl sites for hydroxylation is 1. The molecule has 0 spiro atoms. The van der Waals surface area contributed by atoms with Crippen molar-refractivity contribution in [2.45, 2.75) is 109 Å². The Morgan fingerprint density at radius 2 is 0.900 bits per heavy atom. The van der Waals surface area contributed by atoms with Gasteiger partial charge in [-0.15, -0.1) is 0 Å². The van der Waals surface area contributed by atoms with E-state index in [1.54, 1.807) is 36.3 Å². The average Bonchev–Trinajstić information content (AvgIpc) is 3.74. The molecule has 2 N–H and O–H groups in total. The van der Waals surface area contributed by atoms with E-state index in [0.717, 1.165) is 6.54 Å². The number of hydrogen-bond acceptors (Lipinski definition) is 4. The van der Waals surface area contributed by atoms with E-state index in [9.17, 15) is 0 Å². The molecule has 4 aromatic rings. The molecule has 0 aliphatic heterocycles. The molecule has 232 valence electrons. The molecule has 0 bridgehead atoms. The summed E-state index contributed by atoms with van der Waals surface area (Å²) in [5.74, 6) is 0. The molecular weight excluding hydrogens is 508 g/mol. The van der Waals surface area contributed by atoms with Gasteiger partial charge in [0.05, 0.1) is 12.5 Å². The predicted molar refractivity (Wildman–Crippen MR) is 188 cm³/mol. The maximum Gasteiger partial charge on any atom is 0.0902 e. The van der Waals surface area contributed by atoms with E-state index in [0.29, 0.717) is 0 Å². The number of hydrogen-bond donors (Lipinski definition) is 1. The Hall–Kier alpha value is -2.69. The summed E-state index contributed by atoms with van der Waals surface area (Å²) in [6.45, 7) is 25.7. The number of nitrogens with two attached hydrogens (primary N) is 1. The summed E-state index contributed by atoms with van der Waals surface area (Å²) in [5, 5.41) is 4.08. The SMILES string of the molecule is CC.CCC.CCC.CCC.CCC.CCN.Cc1ccccc1.c1ccncc1.c1ccoc1.c1ccsc1. The minimum absolute atomic E-state index is 0.750. The summed E-state index contributed by atoms with van der Waals surface area (Å²) in [5.41, 5.74) is 6.17. The third kappa shape index (κ3) is 91.5. The molecule has 1 aromatic carbocycles. The van der Waals surface area contributed by atoms with Gasteiger partial charge in [-0.05, 0) is 48.5 Å². The minimum Gasteiger partial charge on any atom is -0.473 e. The summed E-state index contributed by atoms with van der Waals surface area (Å²) in [4.78, 5) is 3.78. The van der Waals surface area contributed by atoms with Crippen molar-refractivity contribution in [2.75, 3.05) is 6.54 Å². The lowest BCUT2D eigenvalue weighted by atomic mass is 10.2. The fraction of sp³-hybridized carbons (Fsp3) is 0.472. The lowest BCUT2D eigenvalue weighted by Gasteiger charge is -1.82. The first-order valence-corrected chi connectivity index (χ1v) is 15.9. The van der Waals surface area contributed by atoms with Crippen LogP contribution in [0.1, 0.15) is 107 Å². The molecule has 40 heavy (non-hydrogen) atoms. The van der Waals surface area contributed by atoms with Crippen LogP contribution in [0.5, 0.6) is 0 Å². The van der Waals surface area contributed by atoms with Crippen molar-refractivity contribution >= 4 is 11.3 Å². The van der Waals surface area contributed by atoms with Crippen molar-refractivity contribution in [3.8, 4) is 0 Å². The van der Waals surface area contributed by atoms with E-state index in [4.69, 9.17) is 5.73 Å². The Bertz CT molecular complexity index is 617. The van der Waals surface area contributed by atoms with Crippen LogP contribution < -0.4 is 5.73 Å². The van der Waals surface area contributed by atoms with Gasteiger partial charge < -0.3 is 10.2 Å². The van der Waals surface area contributed by atoms with Gasteiger partial charge >= 0.3 is 0 Å². The monoisotopic (exact) mass is 574 g/mol. The highest BCUT2D eigenvalue weighted by Crippen LogP contribution is 1.92. The van der Waals surface area contributed by atoms with E-state index < -0.39 is 0 Å². The second-order valence-corrected chi connectivity index (χ2v) is 8.32. The fourth-order valence-corrected chi connectivity index (χ4v) is 1.75. The number of nitrogens with zero attached hydrogens (tertiary/aromatic N) is 1. The topological polar surface area (TPSA) is 52.0 Å². The van der Waals surface area contributed by atoms with Crippen LogP contribution in [0.4, 0.5) is 0 Å². The molecule has 0 unspecified atom stereocenters. The zero-order valence-electron chi connectivity index (χ0n) is 28.3. The van der Waals surface area contributed by atoms with Crippen LogP contribution in [-0.2, 0) is 0 Å². The Balaban J connectivity index is -0.0000000825. The summed E-state index contributed by atoms with van der Waals surface area (Å²) in [6.07, 6.45) is 11.8. The third-order valence-electron chi connectivity index (χ3n) is 2.36. The quantitative estimate of drug-likeness (QED) is 0.227. The van der Waals surface area contributed by atoms with Gasteiger partial charge in [-0.3, -0.25) is 4.98 Å². The van der Waals surface area contributed by atoms with Crippen LogP contribution in [0.3, 0.4) is 0 Å². The third-order valence-corrected chi connectivity index (χ3v) is 2.99. The van der Waals surface area contributed by atoms with Gasteiger partial charge in [-0.2, -0.15) is 11.3 Å². The molecule has 0 aliphatic rings. The van der Waals surface area contributed by atoms with E-state index in [2.05, 4.69) is 83.8 Å². The van der Waals surface area contributed by atoms with Gasteiger partial charge in [0, 0.05) is 12.4 Å². The van der Waals surface area contributed by atoms with E-state index in [-0.39, 0.29) is 0 Å². The summed E-state index contributed by atoms with van der Waals surface area (Å²) >= 11 is 1.71. The summed E-state index contributed by atoms with van der Waals surface area (Å²) < 4.78 is 4.58. The van der Waals surface area contributed by atoms with Gasteiger partial charge in [0.25, 0.3) is 0 Å². The number of benzene rings is 1. The first kappa shape index (κ1) is 50.2. The van der Waals surface area contributed by atoms with Gasteiger partial charge in [0.2, 0.25) is 0 Å². The average molecular weight is 575 g/mol. The van der Waals surface area contributed by atoms with Gasteiger partial charge in [-0.25, -0.2) is 0 Å². The molecule has 0 radical (unpaired) electrons. The Morgan fingerprint density at radius 3 is 1.02 bits per heavy atom. The first-order valence-electron chi connectivity index (χ1n) is 15.0. The molecule has 3 aromatic heterocycles. The maximum atomic E-state index is 4.85. The molecule has 0 saturated heterocycles. The molecule has 0 saturated carbocycles. The molecule has 0 fully saturated rings. The Kier molecular flexibility index (Phi) is 82.0. The van der Waals surface area contributed by atoms with Crippen molar-refractivity contribution in [2.24, 2.45) is 5.73 Å². The van der Waals surface area contributed by atoms with Crippen LogP contribution in [0.25, 0.3) is 0 Å². The molecule has 0 amide bonds. The molecule has 4 heteroatoms. The number of rotatable bonds is 0. The molecule has 3 nitrogen and oxygen atoms in total. The van der Waals surface area contributed by atoms with E-state index in [1.807, 2.05) is 92.2 Å². The highest BCUT2D eigenvalue weighted by atomic mass is 32.1. The smallest absolute Gasteiger partial charge is 0.0902 e. The summed E-state index contributed by atoms with van der Waals surface area (Å²) in [6, 6.07) is 23.7. The Labute approximate surface area is 255 Å². The second-order valence-electron chi connectivity index (χ2n) is 7.50. The zero-order chi connectivity index (χ0) is 32.0. The maximum absolute atomic E-state index is 4.85. The van der Waals surface area contributed by atoms with E-state index >= 15 is 0 Å². The number of thiophene rings is 1. The second kappa shape index (κ2) is 65.4. The first-order chi connectivity index (χ1) is 19.5. The van der Waals surface area contributed by atoms with Crippen molar-refractivity contribution in [3.63, 3.8) is 0 Å². The lowest BCUT2D eigenvalue weighted by Crippen LogP contribution is -1.87. The van der Waals surface area contributed by atoms with Crippen molar-refractivity contribution in [1.82, 2.24) is 4.98 Å². The number of aromatic nitrogens is 1.